The average Bonchev–Trinajstić information content (AvgIpc) is 2.40. The third kappa shape index (κ3) is 2.93. The molecule has 0 aliphatic rings. The fraction of sp³-hybridized carbons (Fsp3) is 0.143. The minimum absolute atomic E-state index is 0.179. The normalized spacial score (nSPS) is 11.9. The van der Waals surface area contributed by atoms with E-state index in [2.05, 4.69) is 10.3 Å². The highest BCUT2D eigenvalue weighted by Crippen LogP contribution is 2.16. The second kappa shape index (κ2) is 5.42. The molecule has 2 N–H and O–H groups in total. The molecule has 0 saturated heterocycles. The van der Waals surface area contributed by atoms with E-state index in [1.807, 2.05) is 0 Å². The van der Waals surface area contributed by atoms with Gasteiger partial charge in [-0.2, -0.15) is 0 Å². The lowest BCUT2D eigenvalue weighted by Crippen LogP contribution is -2.11. The van der Waals surface area contributed by atoms with Gasteiger partial charge in [0, 0.05) is 23.6 Å². The van der Waals surface area contributed by atoms with Crippen molar-refractivity contribution in [3.63, 3.8) is 0 Å². The SMILES string of the molecule is C[C@H](O)c1ccc(NC(=O)c2ccncc2)cc1. The highest BCUT2D eigenvalue weighted by Gasteiger charge is 2.06. The summed E-state index contributed by atoms with van der Waals surface area (Å²) in [6.45, 7) is 1.70. The summed E-state index contributed by atoms with van der Waals surface area (Å²) in [5.74, 6) is -0.179. The number of carbonyl (C=O) groups is 1. The maximum absolute atomic E-state index is 11.8. The van der Waals surface area contributed by atoms with Crippen molar-refractivity contribution >= 4 is 11.6 Å². The van der Waals surface area contributed by atoms with Gasteiger partial charge >= 0.3 is 0 Å². The van der Waals surface area contributed by atoms with Crippen LogP contribution in [0.1, 0.15) is 28.9 Å². The Morgan fingerprint density at radius 3 is 2.33 bits per heavy atom. The van der Waals surface area contributed by atoms with E-state index in [0.29, 0.717) is 11.3 Å². The molecular weight excluding hydrogens is 228 g/mol. The molecule has 1 aromatic heterocycles. The summed E-state index contributed by atoms with van der Waals surface area (Å²) in [5, 5.41) is 12.2. The molecule has 1 atom stereocenters. The van der Waals surface area contributed by atoms with Crippen LogP contribution >= 0.6 is 0 Å². The number of rotatable bonds is 3. The summed E-state index contributed by atoms with van der Waals surface area (Å²) >= 11 is 0. The first kappa shape index (κ1) is 12.3. The number of benzene rings is 1. The van der Waals surface area contributed by atoms with E-state index in [1.165, 1.54) is 0 Å². The monoisotopic (exact) mass is 242 g/mol. The standard InChI is InChI=1S/C14H14N2O2/c1-10(17)11-2-4-13(5-3-11)16-14(18)12-6-8-15-9-7-12/h2-10,17H,1H3,(H,16,18)/t10-/m0/s1. The van der Waals surface area contributed by atoms with Crippen LogP contribution < -0.4 is 5.32 Å². The molecule has 18 heavy (non-hydrogen) atoms. The van der Waals surface area contributed by atoms with E-state index in [9.17, 15) is 9.90 Å². The zero-order chi connectivity index (χ0) is 13.0. The maximum atomic E-state index is 11.8. The Morgan fingerprint density at radius 1 is 1.17 bits per heavy atom. The Morgan fingerprint density at radius 2 is 1.78 bits per heavy atom. The van der Waals surface area contributed by atoms with Gasteiger partial charge in [0.2, 0.25) is 0 Å². The van der Waals surface area contributed by atoms with Crippen LogP contribution in [-0.4, -0.2) is 16.0 Å². The highest BCUT2D eigenvalue weighted by molar-refractivity contribution is 6.04. The van der Waals surface area contributed by atoms with Crippen molar-refractivity contribution in [2.24, 2.45) is 0 Å². The first-order chi connectivity index (χ1) is 8.66. The van der Waals surface area contributed by atoms with Crippen LogP contribution in [0, 0.1) is 0 Å². The number of carbonyl (C=O) groups excluding carboxylic acids is 1. The van der Waals surface area contributed by atoms with Crippen LogP contribution in [0.2, 0.25) is 0 Å². The van der Waals surface area contributed by atoms with E-state index in [0.717, 1.165) is 5.56 Å². The van der Waals surface area contributed by atoms with Crippen LogP contribution in [0.4, 0.5) is 5.69 Å². The molecule has 0 radical (unpaired) electrons. The minimum atomic E-state index is -0.505. The average molecular weight is 242 g/mol. The number of pyridine rings is 1. The molecule has 0 aliphatic carbocycles. The molecule has 1 aromatic carbocycles. The van der Waals surface area contributed by atoms with E-state index in [-0.39, 0.29) is 5.91 Å². The van der Waals surface area contributed by atoms with Gasteiger partial charge < -0.3 is 10.4 Å². The fourth-order valence-corrected chi connectivity index (χ4v) is 1.55. The van der Waals surface area contributed by atoms with Gasteiger partial charge in [-0.15, -0.1) is 0 Å². The van der Waals surface area contributed by atoms with Gasteiger partial charge in [0.05, 0.1) is 6.10 Å². The van der Waals surface area contributed by atoms with E-state index in [4.69, 9.17) is 0 Å². The number of hydrogen-bond acceptors (Lipinski definition) is 3. The first-order valence-electron chi connectivity index (χ1n) is 5.66. The Labute approximate surface area is 105 Å². The predicted molar refractivity (Wildman–Crippen MR) is 69.3 cm³/mol. The van der Waals surface area contributed by atoms with Gasteiger partial charge in [0.25, 0.3) is 5.91 Å². The first-order valence-corrected chi connectivity index (χ1v) is 5.66. The molecule has 1 amide bonds. The molecule has 0 bridgehead atoms. The number of aliphatic hydroxyl groups is 1. The lowest BCUT2D eigenvalue weighted by Gasteiger charge is -2.07. The van der Waals surface area contributed by atoms with Crippen molar-refractivity contribution in [2.45, 2.75) is 13.0 Å². The Bertz CT molecular complexity index is 521. The predicted octanol–water partition coefficient (Wildman–Crippen LogP) is 2.39. The van der Waals surface area contributed by atoms with Gasteiger partial charge in [-0.05, 0) is 36.8 Å². The molecule has 0 saturated carbocycles. The van der Waals surface area contributed by atoms with Crippen molar-refractivity contribution in [1.29, 1.82) is 0 Å². The number of nitrogens with zero attached hydrogens (tertiary/aromatic N) is 1. The zero-order valence-corrected chi connectivity index (χ0v) is 10.00. The fourth-order valence-electron chi connectivity index (χ4n) is 1.55. The second-order valence-electron chi connectivity index (χ2n) is 3.99. The van der Waals surface area contributed by atoms with Gasteiger partial charge in [-0.3, -0.25) is 9.78 Å². The maximum Gasteiger partial charge on any atom is 0.255 e. The molecular formula is C14H14N2O2. The van der Waals surface area contributed by atoms with Gasteiger partial charge in [-0.1, -0.05) is 12.1 Å². The molecule has 0 aliphatic heterocycles. The quantitative estimate of drug-likeness (QED) is 0.868. The number of amides is 1. The lowest BCUT2D eigenvalue weighted by molar-refractivity contribution is 0.102. The molecule has 0 spiro atoms. The molecule has 0 fully saturated rings. The molecule has 1 heterocycles. The van der Waals surface area contributed by atoms with Gasteiger partial charge in [0.1, 0.15) is 0 Å². The number of hydrogen-bond donors (Lipinski definition) is 2. The van der Waals surface area contributed by atoms with Crippen molar-refractivity contribution in [3.05, 3.63) is 59.9 Å². The van der Waals surface area contributed by atoms with Gasteiger partial charge in [-0.25, -0.2) is 0 Å². The molecule has 0 unspecified atom stereocenters. The number of nitrogens with one attached hydrogen (secondary N) is 1. The van der Waals surface area contributed by atoms with Crippen molar-refractivity contribution in [3.8, 4) is 0 Å². The Balaban J connectivity index is 2.08. The lowest BCUT2D eigenvalue weighted by atomic mass is 10.1. The molecule has 92 valence electrons. The van der Waals surface area contributed by atoms with Crippen molar-refractivity contribution in [2.75, 3.05) is 5.32 Å². The van der Waals surface area contributed by atoms with Crippen LogP contribution in [0.25, 0.3) is 0 Å². The van der Waals surface area contributed by atoms with E-state index >= 15 is 0 Å². The zero-order valence-electron chi connectivity index (χ0n) is 10.00. The summed E-state index contributed by atoms with van der Waals surface area (Å²) in [5.41, 5.74) is 2.07. The number of aromatic nitrogens is 1. The smallest absolute Gasteiger partial charge is 0.255 e. The third-order valence-corrected chi connectivity index (χ3v) is 2.59. The van der Waals surface area contributed by atoms with Crippen molar-refractivity contribution < 1.29 is 9.90 Å². The molecule has 2 aromatic rings. The summed E-state index contributed by atoms with van der Waals surface area (Å²) in [7, 11) is 0. The highest BCUT2D eigenvalue weighted by atomic mass is 16.3. The minimum Gasteiger partial charge on any atom is -0.389 e. The molecule has 2 rings (SSSR count). The summed E-state index contributed by atoms with van der Waals surface area (Å²) in [4.78, 5) is 15.7. The van der Waals surface area contributed by atoms with Crippen molar-refractivity contribution in [1.82, 2.24) is 4.98 Å². The largest absolute Gasteiger partial charge is 0.389 e. The summed E-state index contributed by atoms with van der Waals surface area (Å²) in [6.07, 6.45) is 2.65. The van der Waals surface area contributed by atoms with E-state index in [1.54, 1.807) is 55.7 Å². The van der Waals surface area contributed by atoms with Crippen LogP contribution in [0.15, 0.2) is 48.8 Å². The van der Waals surface area contributed by atoms with Crippen LogP contribution in [0.3, 0.4) is 0 Å². The van der Waals surface area contributed by atoms with Gasteiger partial charge in [0.15, 0.2) is 0 Å². The number of aliphatic hydroxyl groups excluding tert-OH is 1. The third-order valence-electron chi connectivity index (χ3n) is 2.59. The molecule has 4 nitrogen and oxygen atoms in total. The topological polar surface area (TPSA) is 62.2 Å². The Hall–Kier alpha value is -2.20. The van der Waals surface area contributed by atoms with E-state index < -0.39 is 6.10 Å². The Kier molecular flexibility index (Phi) is 3.69. The summed E-state index contributed by atoms with van der Waals surface area (Å²) in [6, 6.07) is 10.4. The summed E-state index contributed by atoms with van der Waals surface area (Å²) < 4.78 is 0. The second-order valence-corrected chi connectivity index (χ2v) is 3.99. The van der Waals surface area contributed by atoms with Crippen LogP contribution in [0.5, 0.6) is 0 Å². The number of anilines is 1. The van der Waals surface area contributed by atoms with Crippen LogP contribution in [-0.2, 0) is 0 Å². The molecule has 4 heteroatoms.